The summed E-state index contributed by atoms with van der Waals surface area (Å²) in [5.41, 5.74) is 1.14. The van der Waals surface area contributed by atoms with E-state index in [4.69, 9.17) is 0 Å². The van der Waals surface area contributed by atoms with E-state index >= 15 is 0 Å². The van der Waals surface area contributed by atoms with Gasteiger partial charge in [-0.05, 0) is 27.8 Å². The van der Waals surface area contributed by atoms with Gasteiger partial charge in [0.2, 0.25) is 0 Å². The standard InChI is InChI=1S/C12H20N4/c1-9-7-15(4)8-10(2)16(9)12-5-13-11(3)14-6-12/h5-6,9-10H,7-8H2,1-4H3. The Morgan fingerprint density at radius 3 is 2.12 bits per heavy atom. The molecule has 1 aliphatic rings. The van der Waals surface area contributed by atoms with Gasteiger partial charge in [-0.1, -0.05) is 0 Å². The SMILES string of the molecule is Cc1ncc(N2C(C)CN(C)CC2C)cn1. The third-order valence-corrected chi connectivity index (χ3v) is 3.17. The number of nitrogens with zero attached hydrogens (tertiary/aromatic N) is 4. The van der Waals surface area contributed by atoms with Crippen molar-refractivity contribution in [1.82, 2.24) is 14.9 Å². The topological polar surface area (TPSA) is 32.3 Å². The van der Waals surface area contributed by atoms with Crippen LogP contribution in [0.25, 0.3) is 0 Å². The minimum Gasteiger partial charge on any atom is -0.361 e. The zero-order chi connectivity index (χ0) is 11.7. The van der Waals surface area contributed by atoms with Gasteiger partial charge in [-0.25, -0.2) is 9.97 Å². The van der Waals surface area contributed by atoms with Crippen molar-refractivity contribution in [2.24, 2.45) is 0 Å². The highest BCUT2D eigenvalue weighted by atomic mass is 15.3. The van der Waals surface area contributed by atoms with E-state index in [1.54, 1.807) is 0 Å². The molecule has 4 nitrogen and oxygen atoms in total. The van der Waals surface area contributed by atoms with E-state index in [1.807, 2.05) is 19.3 Å². The summed E-state index contributed by atoms with van der Waals surface area (Å²) < 4.78 is 0. The Labute approximate surface area is 97.3 Å². The van der Waals surface area contributed by atoms with Gasteiger partial charge in [0.05, 0.1) is 18.1 Å². The van der Waals surface area contributed by atoms with E-state index < -0.39 is 0 Å². The lowest BCUT2D eigenvalue weighted by molar-refractivity contribution is 0.240. The summed E-state index contributed by atoms with van der Waals surface area (Å²) in [5, 5.41) is 0. The van der Waals surface area contributed by atoms with Gasteiger partial charge in [-0.3, -0.25) is 0 Å². The van der Waals surface area contributed by atoms with Gasteiger partial charge < -0.3 is 9.80 Å². The van der Waals surface area contributed by atoms with Crippen LogP contribution in [0, 0.1) is 6.92 Å². The van der Waals surface area contributed by atoms with E-state index in [2.05, 4.69) is 40.7 Å². The fourth-order valence-electron chi connectivity index (χ4n) is 2.62. The average Bonchev–Trinajstić information content (AvgIpc) is 2.19. The van der Waals surface area contributed by atoms with E-state index in [9.17, 15) is 0 Å². The molecule has 1 fully saturated rings. The maximum Gasteiger partial charge on any atom is 0.125 e. The molecule has 16 heavy (non-hydrogen) atoms. The minimum absolute atomic E-state index is 0.514. The predicted octanol–water partition coefficient (Wildman–Crippen LogP) is 1.31. The number of hydrogen-bond donors (Lipinski definition) is 0. The second kappa shape index (κ2) is 4.37. The van der Waals surface area contributed by atoms with Crippen LogP contribution in [0.1, 0.15) is 19.7 Å². The number of rotatable bonds is 1. The Morgan fingerprint density at radius 2 is 1.62 bits per heavy atom. The average molecular weight is 220 g/mol. The van der Waals surface area contributed by atoms with E-state index in [0.29, 0.717) is 12.1 Å². The number of piperazine rings is 1. The molecular weight excluding hydrogens is 200 g/mol. The maximum atomic E-state index is 4.28. The summed E-state index contributed by atoms with van der Waals surface area (Å²) in [6.07, 6.45) is 3.86. The molecule has 2 unspecified atom stereocenters. The van der Waals surface area contributed by atoms with E-state index in [-0.39, 0.29) is 0 Å². The van der Waals surface area contributed by atoms with Crippen LogP contribution in [0.15, 0.2) is 12.4 Å². The Hall–Kier alpha value is -1.16. The van der Waals surface area contributed by atoms with Crippen molar-refractivity contribution in [3.05, 3.63) is 18.2 Å². The molecule has 0 spiro atoms. The van der Waals surface area contributed by atoms with E-state index in [1.165, 1.54) is 0 Å². The molecule has 0 aromatic carbocycles. The van der Waals surface area contributed by atoms with Gasteiger partial charge in [-0.2, -0.15) is 0 Å². The molecule has 0 radical (unpaired) electrons. The number of aryl methyl sites for hydroxylation is 1. The highest BCUT2D eigenvalue weighted by molar-refractivity contribution is 5.45. The quantitative estimate of drug-likeness (QED) is 0.714. The molecule has 0 saturated carbocycles. The lowest BCUT2D eigenvalue weighted by Gasteiger charge is -2.44. The fraction of sp³-hybridized carbons (Fsp3) is 0.667. The molecule has 2 rings (SSSR count). The van der Waals surface area contributed by atoms with Gasteiger partial charge in [0.15, 0.2) is 0 Å². The minimum atomic E-state index is 0.514. The number of anilines is 1. The fourth-order valence-corrected chi connectivity index (χ4v) is 2.62. The molecule has 0 amide bonds. The monoisotopic (exact) mass is 220 g/mol. The van der Waals surface area contributed by atoms with Crippen molar-refractivity contribution < 1.29 is 0 Å². The molecule has 4 heteroatoms. The van der Waals surface area contributed by atoms with Crippen LogP contribution in [-0.4, -0.2) is 47.1 Å². The Morgan fingerprint density at radius 1 is 1.12 bits per heavy atom. The maximum absolute atomic E-state index is 4.28. The highest BCUT2D eigenvalue weighted by Gasteiger charge is 2.27. The van der Waals surface area contributed by atoms with Crippen LogP contribution < -0.4 is 4.90 Å². The van der Waals surface area contributed by atoms with Crippen molar-refractivity contribution in [1.29, 1.82) is 0 Å². The molecule has 0 N–H and O–H groups in total. The van der Waals surface area contributed by atoms with Crippen LogP contribution in [-0.2, 0) is 0 Å². The van der Waals surface area contributed by atoms with Crippen molar-refractivity contribution in [3.8, 4) is 0 Å². The van der Waals surface area contributed by atoms with Gasteiger partial charge in [-0.15, -0.1) is 0 Å². The number of hydrogen-bond acceptors (Lipinski definition) is 4. The first-order chi connectivity index (χ1) is 7.58. The van der Waals surface area contributed by atoms with Crippen LogP contribution in [0.4, 0.5) is 5.69 Å². The Kier molecular flexibility index (Phi) is 3.10. The summed E-state index contributed by atoms with van der Waals surface area (Å²) in [4.78, 5) is 13.3. The summed E-state index contributed by atoms with van der Waals surface area (Å²) in [7, 11) is 2.18. The molecule has 88 valence electrons. The lowest BCUT2D eigenvalue weighted by atomic mass is 10.1. The second-order valence-electron chi connectivity index (χ2n) is 4.82. The van der Waals surface area contributed by atoms with Gasteiger partial charge in [0.25, 0.3) is 0 Å². The van der Waals surface area contributed by atoms with Crippen LogP contribution in [0.5, 0.6) is 0 Å². The lowest BCUT2D eigenvalue weighted by Crippen LogP contribution is -2.55. The second-order valence-corrected chi connectivity index (χ2v) is 4.82. The van der Waals surface area contributed by atoms with Crippen LogP contribution >= 0.6 is 0 Å². The molecular formula is C12H20N4. The van der Waals surface area contributed by atoms with Crippen molar-refractivity contribution in [2.45, 2.75) is 32.9 Å². The summed E-state index contributed by atoms with van der Waals surface area (Å²) in [6.45, 7) is 8.62. The predicted molar refractivity (Wildman–Crippen MR) is 65.7 cm³/mol. The van der Waals surface area contributed by atoms with Gasteiger partial charge in [0, 0.05) is 25.2 Å². The third kappa shape index (κ3) is 2.16. The molecule has 1 aromatic rings. The summed E-state index contributed by atoms with van der Waals surface area (Å²) in [6, 6.07) is 1.03. The van der Waals surface area contributed by atoms with Crippen molar-refractivity contribution >= 4 is 5.69 Å². The normalized spacial score (nSPS) is 27.1. The number of likely N-dealkylation sites (N-methyl/N-ethyl adjacent to an activating group) is 1. The first kappa shape index (κ1) is 11.3. The molecule has 0 aliphatic carbocycles. The largest absolute Gasteiger partial charge is 0.361 e. The third-order valence-electron chi connectivity index (χ3n) is 3.17. The highest BCUT2D eigenvalue weighted by Crippen LogP contribution is 2.22. The molecule has 2 heterocycles. The van der Waals surface area contributed by atoms with Gasteiger partial charge >= 0.3 is 0 Å². The van der Waals surface area contributed by atoms with Crippen molar-refractivity contribution in [3.63, 3.8) is 0 Å². The molecule has 0 bridgehead atoms. The Balaban J connectivity index is 2.22. The summed E-state index contributed by atoms with van der Waals surface area (Å²) >= 11 is 0. The molecule has 1 aliphatic heterocycles. The smallest absolute Gasteiger partial charge is 0.125 e. The Bertz CT molecular complexity index is 337. The number of aromatic nitrogens is 2. The first-order valence-corrected chi connectivity index (χ1v) is 5.83. The van der Waals surface area contributed by atoms with E-state index in [0.717, 1.165) is 24.6 Å². The van der Waals surface area contributed by atoms with Gasteiger partial charge in [0.1, 0.15) is 5.82 Å². The molecule has 1 saturated heterocycles. The first-order valence-electron chi connectivity index (χ1n) is 5.83. The van der Waals surface area contributed by atoms with Crippen LogP contribution in [0.3, 0.4) is 0 Å². The zero-order valence-corrected chi connectivity index (χ0v) is 10.5. The van der Waals surface area contributed by atoms with Crippen LogP contribution in [0.2, 0.25) is 0 Å². The summed E-state index contributed by atoms with van der Waals surface area (Å²) in [5.74, 6) is 0.832. The molecule has 2 atom stereocenters. The zero-order valence-electron chi connectivity index (χ0n) is 10.5. The molecule has 1 aromatic heterocycles. The van der Waals surface area contributed by atoms with Crippen molar-refractivity contribution in [2.75, 3.05) is 25.0 Å².